The lowest BCUT2D eigenvalue weighted by Gasteiger charge is -2.12. The summed E-state index contributed by atoms with van der Waals surface area (Å²) in [5.41, 5.74) is 3.99. The predicted octanol–water partition coefficient (Wildman–Crippen LogP) is 5.88. The maximum absolute atomic E-state index is 12.6. The van der Waals surface area contributed by atoms with Crippen LogP contribution in [0, 0.1) is 0 Å². The Morgan fingerprint density at radius 2 is 1.55 bits per heavy atom. The standard InChI is InChI=1S/C30H24N6O2/c1-38-24-16-14-21(15-17-24)29-33-34-30-26-13-6-5-12-25(26)28(35-36(29)30)32-23-11-7-10-22(19-23)31-27(37)18-20-8-3-2-4-9-20/h2-17,19H,18H2,1H3,(H,31,37)(H,32,35). The molecule has 4 aromatic carbocycles. The molecule has 2 heterocycles. The summed E-state index contributed by atoms with van der Waals surface area (Å²) < 4.78 is 7.03. The van der Waals surface area contributed by atoms with Crippen LogP contribution in [0.2, 0.25) is 0 Å². The average molecular weight is 501 g/mol. The van der Waals surface area contributed by atoms with Gasteiger partial charge in [-0.15, -0.1) is 15.3 Å². The summed E-state index contributed by atoms with van der Waals surface area (Å²) in [6.07, 6.45) is 0.309. The summed E-state index contributed by atoms with van der Waals surface area (Å²) in [6.45, 7) is 0. The van der Waals surface area contributed by atoms with Gasteiger partial charge in [0.25, 0.3) is 0 Å². The summed E-state index contributed by atoms with van der Waals surface area (Å²) >= 11 is 0. The molecule has 0 aliphatic heterocycles. The minimum atomic E-state index is -0.0769. The fourth-order valence-corrected chi connectivity index (χ4v) is 4.39. The molecule has 0 aliphatic carbocycles. The van der Waals surface area contributed by atoms with Gasteiger partial charge in [-0.3, -0.25) is 4.79 Å². The van der Waals surface area contributed by atoms with Crippen molar-refractivity contribution in [3.63, 3.8) is 0 Å². The summed E-state index contributed by atoms with van der Waals surface area (Å²) in [5, 5.41) is 22.0. The molecule has 0 unspecified atom stereocenters. The number of fused-ring (bicyclic) bond motifs is 3. The first kappa shape index (κ1) is 23.2. The number of methoxy groups -OCH3 is 1. The van der Waals surface area contributed by atoms with Crippen LogP contribution < -0.4 is 15.4 Å². The second-order valence-electron chi connectivity index (χ2n) is 8.80. The molecule has 0 fully saturated rings. The van der Waals surface area contributed by atoms with E-state index in [9.17, 15) is 4.79 Å². The molecule has 0 saturated carbocycles. The molecule has 2 N–H and O–H groups in total. The van der Waals surface area contributed by atoms with Crippen molar-refractivity contribution in [1.82, 2.24) is 19.8 Å². The number of rotatable bonds is 7. The molecule has 8 nitrogen and oxygen atoms in total. The number of nitrogens with one attached hydrogen (secondary N) is 2. The molecule has 0 spiro atoms. The highest BCUT2D eigenvalue weighted by molar-refractivity contribution is 6.01. The molecule has 186 valence electrons. The number of aromatic nitrogens is 4. The van der Waals surface area contributed by atoms with Crippen LogP contribution in [0.1, 0.15) is 5.56 Å². The normalized spacial score (nSPS) is 11.0. The highest BCUT2D eigenvalue weighted by atomic mass is 16.5. The van der Waals surface area contributed by atoms with Gasteiger partial charge >= 0.3 is 0 Å². The SMILES string of the molecule is COc1ccc(-c2nnc3c4ccccc4c(Nc4cccc(NC(=O)Cc5ccccc5)c4)nn23)cc1. The molecule has 0 saturated heterocycles. The lowest BCUT2D eigenvalue weighted by molar-refractivity contribution is -0.115. The smallest absolute Gasteiger partial charge is 0.228 e. The van der Waals surface area contributed by atoms with Crippen molar-refractivity contribution in [1.29, 1.82) is 0 Å². The molecule has 0 aliphatic rings. The van der Waals surface area contributed by atoms with Crippen molar-refractivity contribution in [3.8, 4) is 17.1 Å². The van der Waals surface area contributed by atoms with Gasteiger partial charge in [0, 0.05) is 27.7 Å². The number of benzene rings is 4. The number of nitrogens with zero attached hydrogens (tertiary/aromatic N) is 4. The van der Waals surface area contributed by atoms with Crippen LogP contribution in [0.3, 0.4) is 0 Å². The summed E-state index contributed by atoms with van der Waals surface area (Å²) in [5.74, 6) is 1.96. The Morgan fingerprint density at radius 1 is 0.816 bits per heavy atom. The zero-order valence-electron chi connectivity index (χ0n) is 20.6. The number of carbonyl (C=O) groups is 1. The molecular formula is C30H24N6O2. The zero-order chi connectivity index (χ0) is 25.9. The average Bonchev–Trinajstić information content (AvgIpc) is 3.38. The molecule has 0 bridgehead atoms. The van der Waals surface area contributed by atoms with Gasteiger partial charge in [-0.2, -0.15) is 4.52 Å². The van der Waals surface area contributed by atoms with E-state index in [-0.39, 0.29) is 5.91 Å². The van der Waals surface area contributed by atoms with E-state index in [2.05, 4.69) is 20.8 Å². The van der Waals surface area contributed by atoms with E-state index >= 15 is 0 Å². The Kier molecular flexibility index (Phi) is 6.11. The van der Waals surface area contributed by atoms with Crippen molar-refractivity contribution in [2.24, 2.45) is 0 Å². The second-order valence-corrected chi connectivity index (χ2v) is 8.80. The highest BCUT2D eigenvalue weighted by Crippen LogP contribution is 2.30. The highest BCUT2D eigenvalue weighted by Gasteiger charge is 2.16. The number of hydrogen-bond donors (Lipinski definition) is 2. The van der Waals surface area contributed by atoms with Crippen LogP contribution in [0.4, 0.5) is 17.2 Å². The fourth-order valence-electron chi connectivity index (χ4n) is 4.39. The van der Waals surface area contributed by atoms with Crippen molar-refractivity contribution in [3.05, 3.63) is 109 Å². The first-order chi connectivity index (χ1) is 18.7. The van der Waals surface area contributed by atoms with Gasteiger partial charge in [0.05, 0.1) is 13.5 Å². The van der Waals surface area contributed by atoms with Crippen molar-refractivity contribution in [2.45, 2.75) is 6.42 Å². The van der Waals surface area contributed by atoms with Crippen molar-refractivity contribution in [2.75, 3.05) is 17.7 Å². The van der Waals surface area contributed by atoms with Gasteiger partial charge in [-0.05, 0) is 48.0 Å². The zero-order valence-corrected chi connectivity index (χ0v) is 20.6. The molecule has 0 radical (unpaired) electrons. The van der Waals surface area contributed by atoms with E-state index in [1.807, 2.05) is 103 Å². The van der Waals surface area contributed by atoms with Gasteiger partial charge in [-0.1, -0.05) is 60.7 Å². The van der Waals surface area contributed by atoms with Crippen LogP contribution in [0.25, 0.3) is 27.8 Å². The molecule has 2 aromatic heterocycles. The summed E-state index contributed by atoms with van der Waals surface area (Å²) in [4.78, 5) is 12.6. The number of anilines is 3. The van der Waals surface area contributed by atoms with Crippen LogP contribution in [0.15, 0.2) is 103 Å². The Balaban J connectivity index is 1.33. The van der Waals surface area contributed by atoms with E-state index in [4.69, 9.17) is 9.84 Å². The largest absolute Gasteiger partial charge is 0.497 e. The summed E-state index contributed by atoms with van der Waals surface area (Å²) in [7, 11) is 1.64. The lowest BCUT2D eigenvalue weighted by atomic mass is 10.1. The molecule has 6 rings (SSSR count). The number of hydrogen-bond acceptors (Lipinski definition) is 6. The van der Waals surface area contributed by atoms with E-state index < -0.39 is 0 Å². The number of ether oxygens (including phenoxy) is 1. The quantitative estimate of drug-likeness (QED) is 0.284. The minimum Gasteiger partial charge on any atom is -0.497 e. The van der Waals surface area contributed by atoms with Crippen molar-refractivity contribution < 1.29 is 9.53 Å². The lowest BCUT2D eigenvalue weighted by Crippen LogP contribution is -2.14. The molecule has 1 amide bonds. The van der Waals surface area contributed by atoms with Gasteiger partial charge < -0.3 is 15.4 Å². The monoisotopic (exact) mass is 500 g/mol. The maximum atomic E-state index is 12.6. The molecule has 8 heteroatoms. The minimum absolute atomic E-state index is 0.0769. The Bertz CT molecular complexity index is 1750. The number of carbonyl (C=O) groups excluding carboxylic acids is 1. The first-order valence-corrected chi connectivity index (χ1v) is 12.2. The van der Waals surface area contributed by atoms with Crippen LogP contribution in [-0.4, -0.2) is 32.8 Å². The first-order valence-electron chi connectivity index (χ1n) is 12.2. The van der Waals surface area contributed by atoms with Crippen LogP contribution in [-0.2, 0) is 11.2 Å². The Hall–Kier alpha value is -5.24. The van der Waals surface area contributed by atoms with Crippen LogP contribution >= 0.6 is 0 Å². The Labute approximate surface area is 218 Å². The molecular weight excluding hydrogens is 476 g/mol. The van der Waals surface area contributed by atoms with E-state index in [0.29, 0.717) is 29.4 Å². The second kappa shape index (κ2) is 10.0. The molecule has 6 aromatic rings. The topological polar surface area (TPSA) is 93.4 Å². The maximum Gasteiger partial charge on any atom is 0.228 e. The third-order valence-electron chi connectivity index (χ3n) is 6.23. The van der Waals surface area contributed by atoms with E-state index in [1.54, 1.807) is 11.6 Å². The third kappa shape index (κ3) is 4.62. The fraction of sp³-hybridized carbons (Fsp3) is 0.0667. The van der Waals surface area contributed by atoms with E-state index in [0.717, 1.165) is 33.3 Å². The third-order valence-corrected chi connectivity index (χ3v) is 6.23. The Morgan fingerprint density at radius 3 is 2.34 bits per heavy atom. The van der Waals surface area contributed by atoms with Crippen molar-refractivity contribution >= 4 is 39.5 Å². The van der Waals surface area contributed by atoms with E-state index in [1.165, 1.54) is 0 Å². The van der Waals surface area contributed by atoms with Crippen LogP contribution in [0.5, 0.6) is 5.75 Å². The predicted molar refractivity (Wildman–Crippen MR) is 149 cm³/mol. The summed E-state index contributed by atoms with van der Waals surface area (Å²) in [6, 6.07) is 32.8. The molecule has 38 heavy (non-hydrogen) atoms. The van der Waals surface area contributed by atoms with Gasteiger partial charge in [0.1, 0.15) is 5.75 Å². The number of amides is 1. The van der Waals surface area contributed by atoms with Gasteiger partial charge in [0.15, 0.2) is 17.3 Å². The van der Waals surface area contributed by atoms with Gasteiger partial charge in [0.2, 0.25) is 5.91 Å². The molecule has 0 atom stereocenters. The van der Waals surface area contributed by atoms with Gasteiger partial charge in [-0.25, -0.2) is 0 Å².